The molecule has 0 aliphatic heterocycles. The number of hydrogen-bond acceptors (Lipinski definition) is 4. The van der Waals surface area contributed by atoms with E-state index in [4.69, 9.17) is 0 Å². The van der Waals surface area contributed by atoms with Crippen molar-refractivity contribution in [3.05, 3.63) is 106 Å². The van der Waals surface area contributed by atoms with Gasteiger partial charge >= 0.3 is 6.18 Å². The molecule has 1 amide bonds. The highest BCUT2D eigenvalue weighted by Crippen LogP contribution is 2.34. The molecule has 3 aromatic heterocycles. The Bertz CT molecular complexity index is 1670. The third-order valence-corrected chi connectivity index (χ3v) is 5.98. The minimum Gasteiger partial charge on any atom is -0.344 e. The van der Waals surface area contributed by atoms with E-state index in [0.29, 0.717) is 22.7 Å². The smallest absolute Gasteiger partial charge is 0.344 e. The lowest BCUT2D eigenvalue weighted by Crippen LogP contribution is -2.32. The van der Waals surface area contributed by atoms with E-state index >= 15 is 0 Å². The van der Waals surface area contributed by atoms with Crippen molar-refractivity contribution in [1.82, 2.24) is 24.5 Å². The maximum Gasteiger partial charge on any atom is 0.417 e. The fourth-order valence-electron chi connectivity index (χ4n) is 4.39. The number of carbonyl (C=O) groups excluding carboxylic acids is 1. The van der Waals surface area contributed by atoms with E-state index in [0.717, 1.165) is 6.07 Å². The fourth-order valence-corrected chi connectivity index (χ4v) is 4.39. The second-order valence-corrected chi connectivity index (χ2v) is 8.36. The van der Waals surface area contributed by atoms with Gasteiger partial charge in [0.15, 0.2) is 5.65 Å². The summed E-state index contributed by atoms with van der Waals surface area (Å²) in [4.78, 5) is 31.1. The van der Waals surface area contributed by atoms with Crippen molar-refractivity contribution in [2.24, 2.45) is 0 Å². The Morgan fingerprint density at radius 1 is 1.06 bits per heavy atom. The van der Waals surface area contributed by atoms with Gasteiger partial charge in [0, 0.05) is 23.8 Å². The lowest BCUT2D eigenvalue weighted by atomic mass is 10.0. The summed E-state index contributed by atoms with van der Waals surface area (Å²) in [5.74, 6) is -0.468. The Balaban J connectivity index is 1.67. The topological polar surface area (TPSA) is 81.3 Å². The Labute approximate surface area is 202 Å². The first kappa shape index (κ1) is 23.3. The van der Waals surface area contributed by atoms with E-state index in [9.17, 15) is 22.8 Å². The van der Waals surface area contributed by atoms with Gasteiger partial charge in [-0.15, -0.1) is 0 Å². The van der Waals surface area contributed by atoms with Crippen molar-refractivity contribution in [2.45, 2.75) is 26.1 Å². The molecule has 0 aliphatic rings. The van der Waals surface area contributed by atoms with Gasteiger partial charge in [0.2, 0.25) is 0 Å². The van der Waals surface area contributed by atoms with Crippen LogP contribution < -0.4 is 10.9 Å². The van der Waals surface area contributed by atoms with Crippen molar-refractivity contribution in [3.63, 3.8) is 0 Å². The number of aromatic nitrogens is 4. The minimum absolute atomic E-state index is 0.131. The third kappa shape index (κ3) is 3.90. The molecule has 0 saturated carbocycles. The van der Waals surface area contributed by atoms with Gasteiger partial charge in [0.25, 0.3) is 11.5 Å². The molecule has 0 saturated heterocycles. The second kappa shape index (κ2) is 8.63. The number of para-hydroxylation sites is 1. The summed E-state index contributed by atoms with van der Waals surface area (Å²) in [7, 11) is 0. The summed E-state index contributed by atoms with van der Waals surface area (Å²) in [6, 6.07) is 14.4. The first-order valence-corrected chi connectivity index (χ1v) is 11.1. The quantitative estimate of drug-likeness (QED) is 0.390. The summed E-state index contributed by atoms with van der Waals surface area (Å²) in [6.07, 6.45) is -1.49. The lowest BCUT2D eigenvalue weighted by molar-refractivity contribution is -0.136. The zero-order valence-corrected chi connectivity index (χ0v) is 19.2. The maximum atomic E-state index is 13.8. The van der Waals surface area contributed by atoms with Crippen molar-refractivity contribution < 1.29 is 18.0 Å². The summed E-state index contributed by atoms with van der Waals surface area (Å²) in [5, 5.41) is 6.86. The van der Waals surface area contributed by atoms with E-state index in [1.54, 1.807) is 62.6 Å². The third-order valence-electron chi connectivity index (χ3n) is 5.98. The van der Waals surface area contributed by atoms with Gasteiger partial charge in [-0.2, -0.15) is 18.3 Å². The number of fused-ring (bicyclic) bond motifs is 2. The van der Waals surface area contributed by atoms with Crippen LogP contribution in [0.25, 0.3) is 22.1 Å². The van der Waals surface area contributed by atoms with Gasteiger partial charge in [-0.3, -0.25) is 14.2 Å². The highest BCUT2D eigenvalue weighted by atomic mass is 19.4. The summed E-state index contributed by atoms with van der Waals surface area (Å²) >= 11 is 0. The Hall–Kier alpha value is -4.47. The monoisotopic (exact) mass is 491 g/mol. The molecule has 1 N–H and O–H groups in total. The van der Waals surface area contributed by atoms with Gasteiger partial charge < -0.3 is 5.32 Å². The second-order valence-electron chi connectivity index (χ2n) is 8.36. The van der Waals surface area contributed by atoms with Crippen LogP contribution >= 0.6 is 0 Å². The van der Waals surface area contributed by atoms with Crippen LogP contribution in [0.15, 0.2) is 77.9 Å². The van der Waals surface area contributed by atoms with E-state index in [-0.39, 0.29) is 10.9 Å². The minimum atomic E-state index is -4.71. The van der Waals surface area contributed by atoms with Crippen LogP contribution in [0.1, 0.15) is 40.3 Å². The molecule has 10 heteroatoms. The Morgan fingerprint density at radius 2 is 1.81 bits per heavy atom. The Morgan fingerprint density at radius 3 is 2.53 bits per heavy atom. The molecular weight excluding hydrogens is 471 g/mol. The number of nitrogens with zero attached hydrogens (tertiary/aromatic N) is 4. The number of pyridine rings is 1. The normalized spacial score (nSPS) is 12.7. The number of alkyl halides is 3. The van der Waals surface area contributed by atoms with Crippen LogP contribution in [0.3, 0.4) is 0 Å². The molecule has 0 unspecified atom stereocenters. The van der Waals surface area contributed by atoms with Crippen LogP contribution in [-0.2, 0) is 6.18 Å². The van der Waals surface area contributed by atoms with E-state index in [1.165, 1.54) is 27.3 Å². The molecular formula is C26H20F3N5O2. The molecule has 0 bridgehead atoms. The first-order valence-electron chi connectivity index (χ1n) is 11.1. The summed E-state index contributed by atoms with van der Waals surface area (Å²) in [5.41, 5.74) is -0.0147. The molecule has 3 heterocycles. The Kier molecular flexibility index (Phi) is 5.58. The predicted molar refractivity (Wildman–Crippen MR) is 128 cm³/mol. The van der Waals surface area contributed by atoms with Crippen molar-refractivity contribution in [2.75, 3.05) is 0 Å². The molecule has 7 nitrogen and oxygen atoms in total. The number of nitrogens with one attached hydrogen (secondary N) is 1. The number of hydrogen-bond donors (Lipinski definition) is 1. The van der Waals surface area contributed by atoms with Gasteiger partial charge in [-0.25, -0.2) is 9.50 Å². The van der Waals surface area contributed by atoms with Crippen LogP contribution in [0.5, 0.6) is 0 Å². The molecule has 0 radical (unpaired) electrons. The van der Waals surface area contributed by atoms with Crippen LogP contribution in [0.4, 0.5) is 13.2 Å². The maximum absolute atomic E-state index is 13.8. The lowest BCUT2D eigenvalue weighted by Gasteiger charge is -2.22. The largest absolute Gasteiger partial charge is 0.417 e. The molecule has 0 fully saturated rings. The SMILES string of the molecule is Cc1nn2cccnc2c1C(=O)N[C@@H](C)c1cc2cccc(C(F)(F)F)c2c(=O)n1-c1ccccc1. The van der Waals surface area contributed by atoms with Crippen molar-refractivity contribution >= 4 is 22.3 Å². The van der Waals surface area contributed by atoms with E-state index in [2.05, 4.69) is 15.4 Å². The van der Waals surface area contributed by atoms with Gasteiger partial charge in [0.1, 0.15) is 5.56 Å². The molecule has 1 atom stereocenters. The zero-order chi connectivity index (χ0) is 25.6. The molecule has 0 aliphatic carbocycles. The molecule has 2 aromatic carbocycles. The van der Waals surface area contributed by atoms with E-state index in [1.807, 2.05) is 0 Å². The van der Waals surface area contributed by atoms with Crippen LogP contribution in [0.2, 0.25) is 0 Å². The molecule has 5 rings (SSSR count). The number of aryl methyl sites for hydroxylation is 1. The summed E-state index contributed by atoms with van der Waals surface area (Å²) in [6.45, 7) is 3.35. The average molecular weight is 491 g/mol. The fraction of sp³-hybridized carbons (Fsp3) is 0.154. The predicted octanol–water partition coefficient (Wildman–Crippen LogP) is 4.85. The molecule has 0 spiro atoms. The molecule has 182 valence electrons. The molecule has 5 aromatic rings. The number of halogens is 3. The zero-order valence-electron chi connectivity index (χ0n) is 19.2. The van der Waals surface area contributed by atoms with E-state index < -0.39 is 34.6 Å². The number of rotatable bonds is 4. The van der Waals surface area contributed by atoms with Crippen molar-refractivity contribution in [1.29, 1.82) is 0 Å². The number of benzene rings is 2. The van der Waals surface area contributed by atoms with Gasteiger partial charge in [-0.05, 0) is 49.6 Å². The highest BCUT2D eigenvalue weighted by molar-refractivity contribution is 6.01. The highest BCUT2D eigenvalue weighted by Gasteiger charge is 2.34. The standard InChI is InChI=1S/C26H20F3N5O2/c1-15(31-24(35)21-16(2)32-33-13-7-12-30-23(21)33)20-14-17-8-6-11-19(26(27,28)29)22(17)25(36)34(20)18-9-4-3-5-10-18/h3-15H,1-2H3,(H,31,35)/t15-/m0/s1. The summed E-state index contributed by atoms with van der Waals surface area (Å²) < 4.78 is 44.0. The average Bonchev–Trinajstić information content (AvgIpc) is 3.19. The molecule has 36 heavy (non-hydrogen) atoms. The van der Waals surface area contributed by atoms with Crippen LogP contribution in [-0.4, -0.2) is 25.1 Å². The van der Waals surface area contributed by atoms with Gasteiger partial charge in [-0.1, -0.05) is 30.3 Å². The number of amides is 1. The number of carbonyl (C=O) groups is 1. The van der Waals surface area contributed by atoms with Crippen LogP contribution in [0, 0.1) is 6.92 Å². The van der Waals surface area contributed by atoms with Crippen molar-refractivity contribution in [3.8, 4) is 5.69 Å². The van der Waals surface area contributed by atoms with Gasteiger partial charge in [0.05, 0.1) is 22.7 Å². The first-order chi connectivity index (χ1) is 17.2.